The largest absolute Gasteiger partial charge is 0.456 e. The van der Waals surface area contributed by atoms with Crippen molar-refractivity contribution in [3.8, 4) is 0 Å². The number of amides is 1. The number of carbonyl (C=O) groups is 3. The monoisotopic (exact) mass is 404 g/mol. The van der Waals surface area contributed by atoms with E-state index in [-0.39, 0.29) is 10.7 Å². The summed E-state index contributed by atoms with van der Waals surface area (Å²) < 4.78 is 31.1. The van der Waals surface area contributed by atoms with Crippen molar-refractivity contribution in [3.05, 3.63) is 65.7 Å². The molecule has 0 fully saturated rings. The van der Waals surface area contributed by atoms with Gasteiger partial charge in [0.25, 0.3) is 0 Å². The first-order valence-electron chi connectivity index (χ1n) is 8.35. The van der Waals surface area contributed by atoms with Crippen molar-refractivity contribution in [2.24, 2.45) is 0 Å². The quantitative estimate of drug-likeness (QED) is 0.472. The van der Waals surface area contributed by atoms with Gasteiger partial charge in [0.15, 0.2) is 12.4 Å². The summed E-state index contributed by atoms with van der Waals surface area (Å²) in [6, 6.07) is 14.5. The van der Waals surface area contributed by atoms with E-state index in [9.17, 15) is 22.8 Å². The van der Waals surface area contributed by atoms with Gasteiger partial charge < -0.3 is 10.1 Å². The highest BCUT2D eigenvalue weighted by Crippen LogP contribution is 2.09. The normalized spacial score (nSPS) is 10.9. The number of aryl methyl sites for hydroxylation is 1. The Morgan fingerprint density at radius 3 is 2.21 bits per heavy atom. The molecule has 0 atom stereocenters. The molecule has 0 aliphatic heterocycles. The summed E-state index contributed by atoms with van der Waals surface area (Å²) in [6.07, 6.45) is 0. The number of esters is 1. The molecule has 0 spiro atoms. The van der Waals surface area contributed by atoms with Crippen molar-refractivity contribution in [2.45, 2.75) is 11.8 Å². The predicted octanol–water partition coefficient (Wildman–Crippen LogP) is 0.816. The van der Waals surface area contributed by atoms with Crippen LogP contribution in [0, 0.1) is 6.92 Å². The molecule has 0 saturated heterocycles. The van der Waals surface area contributed by atoms with E-state index in [2.05, 4.69) is 10.0 Å². The lowest BCUT2D eigenvalue weighted by Crippen LogP contribution is -2.39. The van der Waals surface area contributed by atoms with Gasteiger partial charge in [-0.1, -0.05) is 48.0 Å². The molecule has 0 aromatic heterocycles. The van der Waals surface area contributed by atoms with Crippen molar-refractivity contribution >= 4 is 27.7 Å². The zero-order valence-electron chi connectivity index (χ0n) is 15.2. The van der Waals surface area contributed by atoms with Crippen LogP contribution in [0.2, 0.25) is 0 Å². The third-order valence-electron chi connectivity index (χ3n) is 3.64. The number of nitrogens with one attached hydrogen (secondary N) is 2. The van der Waals surface area contributed by atoms with Gasteiger partial charge in [0.1, 0.15) is 6.54 Å². The van der Waals surface area contributed by atoms with E-state index in [1.54, 1.807) is 42.5 Å². The number of Topliss-reactive ketones (excluding diaryl/α,β-unsaturated/α-hetero) is 1. The van der Waals surface area contributed by atoms with Crippen LogP contribution >= 0.6 is 0 Å². The van der Waals surface area contributed by atoms with Gasteiger partial charge in [-0.15, -0.1) is 0 Å². The number of ether oxygens (including phenoxy) is 1. The average Bonchev–Trinajstić information content (AvgIpc) is 2.70. The second kappa shape index (κ2) is 9.77. The topological polar surface area (TPSA) is 119 Å². The third kappa shape index (κ3) is 6.60. The van der Waals surface area contributed by atoms with Crippen LogP contribution in [0.1, 0.15) is 15.9 Å². The lowest BCUT2D eigenvalue weighted by Gasteiger charge is -2.08. The van der Waals surface area contributed by atoms with Gasteiger partial charge in [-0.3, -0.25) is 14.4 Å². The van der Waals surface area contributed by atoms with E-state index in [0.29, 0.717) is 5.56 Å². The van der Waals surface area contributed by atoms with Gasteiger partial charge in [-0.25, -0.2) is 13.1 Å². The SMILES string of the molecule is Cc1ccc(S(=O)(=O)NCC(=O)NCC(=O)OCC(=O)c2ccccc2)cc1. The Hall–Kier alpha value is -3.04. The summed E-state index contributed by atoms with van der Waals surface area (Å²) in [5, 5.41) is 2.23. The van der Waals surface area contributed by atoms with Gasteiger partial charge in [0.05, 0.1) is 11.4 Å². The molecule has 28 heavy (non-hydrogen) atoms. The van der Waals surface area contributed by atoms with Crippen molar-refractivity contribution in [3.63, 3.8) is 0 Å². The van der Waals surface area contributed by atoms with Gasteiger partial charge in [-0.05, 0) is 19.1 Å². The molecular weight excluding hydrogens is 384 g/mol. The zero-order chi connectivity index (χ0) is 20.6. The maximum absolute atomic E-state index is 12.1. The first kappa shape index (κ1) is 21.3. The van der Waals surface area contributed by atoms with E-state index >= 15 is 0 Å². The summed E-state index contributed by atoms with van der Waals surface area (Å²) in [4.78, 5) is 35.2. The standard InChI is InChI=1S/C19H20N2O6S/c1-14-7-9-16(10-8-14)28(25,26)21-11-18(23)20-12-19(24)27-13-17(22)15-5-3-2-4-6-15/h2-10,21H,11-13H2,1H3,(H,20,23). The number of hydrogen-bond donors (Lipinski definition) is 2. The molecule has 148 valence electrons. The molecular formula is C19H20N2O6S. The minimum absolute atomic E-state index is 0.0322. The molecule has 0 unspecified atom stereocenters. The summed E-state index contributed by atoms with van der Waals surface area (Å²) in [5.41, 5.74) is 1.31. The molecule has 0 aliphatic rings. The second-order valence-corrected chi connectivity index (χ2v) is 7.63. The Morgan fingerprint density at radius 2 is 1.57 bits per heavy atom. The Labute approximate surface area is 163 Å². The first-order valence-corrected chi connectivity index (χ1v) is 9.83. The Morgan fingerprint density at radius 1 is 0.929 bits per heavy atom. The number of ketones is 1. The van der Waals surface area contributed by atoms with Gasteiger partial charge >= 0.3 is 5.97 Å². The smallest absolute Gasteiger partial charge is 0.325 e. The van der Waals surface area contributed by atoms with Crippen LogP contribution in [-0.4, -0.2) is 45.8 Å². The molecule has 0 aliphatic carbocycles. The molecule has 8 nitrogen and oxygen atoms in total. The highest BCUT2D eigenvalue weighted by Gasteiger charge is 2.16. The van der Waals surface area contributed by atoms with Crippen LogP contribution in [0.15, 0.2) is 59.5 Å². The molecule has 2 aromatic carbocycles. The zero-order valence-corrected chi connectivity index (χ0v) is 16.0. The minimum atomic E-state index is -3.83. The minimum Gasteiger partial charge on any atom is -0.456 e. The number of hydrogen-bond acceptors (Lipinski definition) is 6. The summed E-state index contributed by atoms with van der Waals surface area (Å²) in [7, 11) is -3.83. The maximum atomic E-state index is 12.1. The number of rotatable bonds is 9. The lowest BCUT2D eigenvalue weighted by atomic mass is 10.1. The third-order valence-corrected chi connectivity index (χ3v) is 5.06. The highest BCUT2D eigenvalue weighted by atomic mass is 32.2. The predicted molar refractivity (Wildman–Crippen MR) is 101 cm³/mol. The van der Waals surface area contributed by atoms with Crippen molar-refractivity contribution < 1.29 is 27.5 Å². The molecule has 2 N–H and O–H groups in total. The maximum Gasteiger partial charge on any atom is 0.325 e. The number of sulfonamides is 1. The second-order valence-electron chi connectivity index (χ2n) is 5.86. The molecule has 0 bridgehead atoms. The average molecular weight is 404 g/mol. The van der Waals surface area contributed by atoms with Crippen molar-refractivity contribution in [2.75, 3.05) is 19.7 Å². The lowest BCUT2D eigenvalue weighted by molar-refractivity contribution is -0.142. The van der Waals surface area contributed by atoms with E-state index in [1.165, 1.54) is 12.1 Å². The molecule has 0 heterocycles. The van der Waals surface area contributed by atoms with Gasteiger partial charge in [0.2, 0.25) is 15.9 Å². The van der Waals surface area contributed by atoms with Crippen molar-refractivity contribution in [1.82, 2.24) is 10.0 Å². The Bertz CT molecular complexity index is 940. The van der Waals surface area contributed by atoms with Crippen LogP contribution in [0.5, 0.6) is 0 Å². The van der Waals surface area contributed by atoms with E-state index < -0.39 is 41.6 Å². The number of benzene rings is 2. The van der Waals surface area contributed by atoms with Crippen LogP contribution in [0.3, 0.4) is 0 Å². The summed E-state index contributed by atoms with van der Waals surface area (Å²) in [6.45, 7) is 0.363. The Balaban J connectivity index is 1.72. The first-order chi connectivity index (χ1) is 13.3. The fraction of sp³-hybridized carbons (Fsp3) is 0.211. The molecule has 1 amide bonds. The molecule has 9 heteroatoms. The van der Waals surface area contributed by atoms with Crippen molar-refractivity contribution in [1.29, 1.82) is 0 Å². The van der Waals surface area contributed by atoms with Gasteiger partial charge in [-0.2, -0.15) is 0 Å². The van der Waals surface area contributed by atoms with Gasteiger partial charge in [0, 0.05) is 5.56 Å². The highest BCUT2D eigenvalue weighted by molar-refractivity contribution is 7.89. The fourth-order valence-electron chi connectivity index (χ4n) is 2.10. The summed E-state index contributed by atoms with van der Waals surface area (Å²) >= 11 is 0. The molecule has 2 aromatic rings. The number of carbonyl (C=O) groups excluding carboxylic acids is 3. The van der Waals surface area contributed by atoms with Crippen LogP contribution in [0.4, 0.5) is 0 Å². The van der Waals surface area contributed by atoms with Crippen LogP contribution in [0.25, 0.3) is 0 Å². The van der Waals surface area contributed by atoms with Crippen LogP contribution < -0.4 is 10.0 Å². The molecule has 2 rings (SSSR count). The van der Waals surface area contributed by atoms with E-state index in [0.717, 1.165) is 5.56 Å². The Kier molecular flexibility index (Phi) is 7.42. The summed E-state index contributed by atoms with van der Waals surface area (Å²) in [5.74, 6) is -1.88. The van der Waals surface area contributed by atoms with E-state index in [4.69, 9.17) is 4.74 Å². The van der Waals surface area contributed by atoms with E-state index in [1.807, 2.05) is 6.92 Å². The molecule has 0 saturated carbocycles. The fourth-order valence-corrected chi connectivity index (χ4v) is 3.08. The molecule has 0 radical (unpaired) electrons. The van der Waals surface area contributed by atoms with Crippen LogP contribution in [-0.2, 0) is 24.3 Å².